The summed E-state index contributed by atoms with van der Waals surface area (Å²) in [7, 11) is 0. The van der Waals surface area contributed by atoms with Gasteiger partial charge in [-0.3, -0.25) is 14.5 Å². The summed E-state index contributed by atoms with van der Waals surface area (Å²) in [5.41, 5.74) is 4.28. The van der Waals surface area contributed by atoms with Gasteiger partial charge in [0, 0.05) is 44.5 Å². The minimum atomic E-state index is -0.0567. The van der Waals surface area contributed by atoms with Crippen LogP contribution < -0.4 is 16.0 Å². The van der Waals surface area contributed by atoms with Crippen LogP contribution >= 0.6 is 0 Å². The molecule has 0 atom stereocenters. The van der Waals surface area contributed by atoms with Gasteiger partial charge in [0.25, 0.3) is 0 Å². The van der Waals surface area contributed by atoms with Gasteiger partial charge in [-0.2, -0.15) is 5.10 Å². The highest BCUT2D eigenvalue weighted by Gasteiger charge is 2.02. The number of carbonyl (C=O) groups is 1. The number of rotatable bonds is 9. The molecule has 3 N–H and O–H groups in total. The van der Waals surface area contributed by atoms with Gasteiger partial charge in [0.1, 0.15) is 0 Å². The van der Waals surface area contributed by atoms with Gasteiger partial charge in [-0.25, -0.2) is 0 Å². The van der Waals surface area contributed by atoms with Gasteiger partial charge in [0.2, 0.25) is 5.91 Å². The lowest BCUT2D eigenvalue weighted by atomic mass is 10.1. The van der Waals surface area contributed by atoms with Gasteiger partial charge in [-0.1, -0.05) is 12.1 Å². The topological polar surface area (TPSA) is 83.3 Å². The Kier molecular flexibility index (Phi) is 8.52. The molecule has 1 amide bonds. The van der Waals surface area contributed by atoms with Crippen LogP contribution in [0, 0.1) is 13.8 Å². The Morgan fingerprint density at radius 3 is 2.54 bits per heavy atom. The smallest absolute Gasteiger partial charge is 0.221 e. The van der Waals surface area contributed by atoms with Crippen molar-refractivity contribution in [1.82, 2.24) is 20.4 Å². The molecule has 1 heterocycles. The average molecular weight is 385 g/mol. The number of aromatic nitrogens is 2. The van der Waals surface area contributed by atoms with Crippen molar-refractivity contribution in [2.45, 2.75) is 47.1 Å². The van der Waals surface area contributed by atoms with Gasteiger partial charge in [0.05, 0.1) is 5.69 Å². The number of amides is 1. The number of anilines is 1. The molecule has 28 heavy (non-hydrogen) atoms. The molecule has 0 aliphatic carbocycles. The fourth-order valence-electron chi connectivity index (χ4n) is 2.94. The fourth-order valence-corrected chi connectivity index (χ4v) is 2.94. The molecule has 1 aromatic carbocycles. The number of guanidine groups is 1. The molecule has 2 aromatic rings. The van der Waals surface area contributed by atoms with Crippen molar-refractivity contribution in [3.05, 3.63) is 47.3 Å². The zero-order chi connectivity index (χ0) is 20.4. The summed E-state index contributed by atoms with van der Waals surface area (Å²) in [5.74, 6) is 0.782. The van der Waals surface area contributed by atoms with E-state index in [0.717, 1.165) is 56.4 Å². The van der Waals surface area contributed by atoms with Crippen LogP contribution in [0.15, 0.2) is 35.3 Å². The normalized spacial score (nSPS) is 11.4. The van der Waals surface area contributed by atoms with E-state index in [1.54, 1.807) is 0 Å². The largest absolute Gasteiger partial charge is 0.357 e. The Hall–Kier alpha value is -2.83. The molecule has 0 fully saturated rings. The first-order valence-electron chi connectivity index (χ1n) is 9.87. The molecule has 7 heteroatoms. The summed E-state index contributed by atoms with van der Waals surface area (Å²) < 4.78 is 2.04. The van der Waals surface area contributed by atoms with Gasteiger partial charge in [-0.15, -0.1) is 0 Å². The SMILES string of the molecule is CCNC(=NCCCn1nc(C)cc1C)NCCc1ccc(NC(C)=O)cc1. The standard InChI is InChI=1S/C21H32N6O/c1-5-22-21(23-12-6-14-27-17(3)15-16(2)26-27)24-13-11-19-7-9-20(10-8-19)25-18(4)28/h7-10,15H,5-6,11-14H2,1-4H3,(H,25,28)(H2,22,23,24). The Labute approximate surface area is 167 Å². The van der Waals surface area contributed by atoms with Crippen molar-refractivity contribution in [1.29, 1.82) is 0 Å². The third kappa shape index (κ3) is 7.42. The highest BCUT2D eigenvalue weighted by Crippen LogP contribution is 2.09. The van der Waals surface area contributed by atoms with Crippen LogP contribution in [0.4, 0.5) is 5.69 Å². The Balaban J connectivity index is 1.76. The zero-order valence-electron chi connectivity index (χ0n) is 17.4. The zero-order valence-corrected chi connectivity index (χ0v) is 17.4. The molecule has 0 spiro atoms. The maximum atomic E-state index is 11.1. The van der Waals surface area contributed by atoms with E-state index in [4.69, 9.17) is 0 Å². The highest BCUT2D eigenvalue weighted by atomic mass is 16.1. The number of nitrogens with zero attached hydrogens (tertiary/aromatic N) is 3. The van der Waals surface area contributed by atoms with E-state index in [1.807, 2.05) is 35.9 Å². The Morgan fingerprint density at radius 2 is 1.93 bits per heavy atom. The van der Waals surface area contributed by atoms with Crippen LogP contribution in [0.3, 0.4) is 0 Å². The van der Waals surface area contributed by atoms with Crippen molar-refractivity contribution in [2.75, 3.05) is 25.0 Å². The number of hydrogen-bond donors (Lipinski definition) is 3. The third-order valence-corrected chi connectivity index (χ3v) is 4.23. The van der Waals surface area contributed by atoms with Crippen LogP contribution in [0.1, 0.15) is 37.2 Å². The molecular weight excluding hydrogens is 352 g/mol. The molecule has 1 aromatic heterocycles. The first-order chi connectivity index (χ1) is 13.5. The highest BCUT2D eigenvalue weighted by molar-refractivity contribution is 5.88. The van der Waals surface area contributed by atoms with Crippen molar-refractivity contribution in [2.24, 2.45) is 4.99 Å². The van der Waals surface area contributed by atoms with Gasteiger partial charge < -0.3 is 16.0 Å². The van der Waals surface area contributed by atoms with Crippen LogP contribution in [-0.4, -0.2) is 41.3 Å². The van der Waals surface area contributed by atoms with Crippen molar-refractivity contribution in [3.63, 3.8) is 0 Å². The van der Waals surface area contributed by atoms with Crippen molar-refractivity contribution in [3.8, 4) is 0 Å². The quantitative estimate of drug-likeness (QED) is 0.353. The van der Waals surface area contributed by atoms with E-state index < -0.39 is 0 Å². The second-order valence-corrected chi connectivity index (χ2v) is 6.82. The molecule has 0 radical (unpaired) electrons. The number of nitrogens with one attached hydrogen (secondary N) is 3. The van der Waals surface area contributed by atoms with Gasteiger partial charge in [0.15, 0.2) is 5.96 Å². The lowest BCUT2D eigenvalue weighted by molar-refractivity contribution is -0.114. The second kappa shape index (κ2) is 11.1. The van der Waals surface area contributed by atoms with Crippen molar-refractivity contribution < 1.29 is 4.79 Å². The first-order valence-corrected chi connectivity index (χ1v) is 9.87. The molecule has 0 aliphatic heterocycles. The van der Waals surface area contributed by atoms with E-state index in [9.17, 15) is 4.79 Å². The van der Waals surface area contributed by atoms with Gasteiger partial charge >= 0.3 is 0 Å². The lowest BCUT2D eigenvalue weighted by Gasteiger charge is -2.12. The van der Waals surface area contributed by atoms with E-state index in [2.05, 4.69) is 46.0 Å². The number of carbonyl (C=O) groups excluding carboxylic acids is 1. The van der Waals surface area contributed by atoms with Crippen LogP contribution in [-0.2, 0) is 17.8 Å². The third-order valence-electron chi connectivity index (χ3n) is 4.23. The van der Waals surface area contributed by atoms with Crippen LogP contribution in [0.2, 0.25) is 0 Å². The number of hydrogen-bond acceptors (Lipinski definition) is 3. The van der Waals surface area contributed by atoms with Crippen LogP contribution in [0.25, 0.3) is 0 Å². The van der Waals surface area contributed by atoms with Gasteiger partial charge in [-0.05, 0) is 57.4 Å². The second-order valence-electron chi connectivity index (χ2n) is 6.82. The molecule has 7 nitrogen and oxygen atoms in total. The van der Waals surface area contributed by atoms with Crippen molar-refractivity contribution >= 4 is 17.6 Å². The Morgan fingerprint density at radius 1 is 1.18 bits per heavy atom. The monoisotopic (exact) mass is 384 g/mol. The molecule has 2 rings (SSSR count). The summed E-state index contributed by atoms with van der Waals surface area (Å²) in [6, 6.07) is 10.0. The summed E-state index contributed by atoms with van der Waals surface area (Å²) in [4.78, 5) is 15.7. The predicted molar refractivity (Wildman–Crippen MR) is 115 cm³/mol. The molecular formula is C21H32N6O. The molecule has 0 bridgehead atoms. The lowest BCUT2D eigenvalue weighted by Crippen LogP contribution is -2.38. The number of benzene rings is 1. The van der Waals surface area contributed by atoms with E-state index in [-0.39, 0.29) is 5.91 Å². The molecule has 152 valence electrons. The summed E-state index contributed by atoms with van der Waals surface area (Å²) >= 11 is 0. The molecule has 0 saturated carbocycles. The maximum Gasteiger partial charge on any atom is 0.221 e. The first kappa shape index (κ1) is 21.5. The molecule has 0 unspecified atom stereocenters. The van der Waals surface area contributed by atoms with Crippen LogP contribution in [0.5, 0.6) is 0 Å². The summed E-state index contributed by atoms with van der Waals surface area (Å²) in [6.45, 7) is 10.9. The van der Waals surface area contributed by atoms with E-state index in [0.29, 0.717) is 0 Å². The number of aryl methyl sites for hydroxylation is 3. The maximum absolute atomic E-state index is 11.1. The Bertz CT molecular complexity index is 779. The number of aliphatic imine (C=N–C) groups is 1. The minimum absolute atomic E-state index is 0.0567. The molecule has 0 aliphatic rings. The summed E-state index contributed by atoms with van der Waals surface area (Å²) in [6.07, 6.45) is 1.83. The van der Waals surface area contributed by atoms with E-state index in [1.165, 1.54) is 18.2 Å². The predicted octanol–water partition coefficient (Wildman–Crippen LogP) is 2.65. The fraction of sp³-hybridized carbons (Fsp3) is 0.476. The average Bonchev–Trinajstić information content (AvgIpc) is 2.97. The molecule has 0 saturated heterocycles. The summed E-state index contributed by atoms with van der Waals surface area (Å²) in [5, 5.41) is 13.9. The van der Waals surface area contributed by atoms with E-state index >= 15 is 0 Å². The minimum Gasteiger partial charge on any atom is -0.357 e.